The minimum absolute atomic E-state index is 0.0409. The third-order valence-corrected chi connectivity index (χ3v) is 4.43. The van der Waals surface area contributed by atoms with Gasteiger partial charge in [-0.2, -0.15) is 22.9 Å². The molecule has 9 heteroatoms. The van der Waals surface area contributed by atoms with Crippen LogP contribution in [0.3, 0.4) is 0 Å². The average molecular weight is 393 g/mol. The van der Waals surface area contributed by atoms with E-state index in [1.54, 1.807) is 24.3 Å². The van der Waals surface area contributed by atoms with E-state index >= 15 is 0 Å². The Labute approximate surface area is 136 Å². The second-order valence-electron chi connectivity index (χ2n) is 5.66. The van der Waals surface area contributed by atoms with E-state index in [4.69, 9.17) is 4.52 Å². The highest BCUT2D eigenvalue weighted by molar-refractivity contribution is 9.10. The molecule has 1 aliphatic rings. The van der Waals surface area contributed by atoms with Crippen molar-refractivity contribution in [1.29, 1.82) is 0 Å². The molecule has 0 bridgehead atoms. The topological polar surface area (TPSA) is 68.3 Å². The monoisotopic (exact) mass is 392 g/mol. The number of benzene rings is 1. The lowest BCUT2D eigenvalue weighted by Crippen LogP contribution is -2.56. The van der Waals surface area contributed by atoms with Crippen LogP contribution < -0.4 is 5.69 Å². The zero-order chi connectivity index (χ0) is 16.8. The van der Waals surface area contributed by atoms with Crippen molar-refractivity contribution in [2.24, 2.45) is 5.92 Å². The third-order valence-electron chi connectivity index (χ3n) is 3.90. The van der Waals surface area contributed by atoms with Gasteiger partial charge in [-0.15, -0.1) is 0 Å². The van der Waals surface area contributed by atoms with Crippen molar-refractivity contribution in [2.75, 3.05) is 0 Å². The van der Waals surface area contributed by atoms with Crippen LogP contribution in [0, 0.1) is 5.92 Å². The maximum atomic E-state index is 12.6. The Hall–Kier alpha value is -1.61. The van der Waals surface area contributed by atoms with Crippen molar-refractivity contribution in [3.05, 3.63) is 39.2 Å². The van der Waals surface area contributed by atoms with Crippen LogP contribution in [0.2, 0.25) is 0 Å². The van der Waals surface area contributed by atoms with E-state index in [1.807, 2.05) is 0 Å². The number of alkyl halides is 3. The summed E-state index contributed by atoms with van der Waals surface area (Å²) in [5.74, 6) is -0.377. The molecule has 0 saturated heterocycles. The van der Waals surface area contributed by atoms with E-state index < -0.39 is 36.2 Å². The number of aromatic nitrogens is 2. The molecule has 1 saturated carbocycles. The molecule has 1 aromatic carbocycles. The molecule has 0 aliphatic heterocycles. The van der Waals surface area contributed by atoms with E-state index in [0.29, 0.717) is 5.56 Å². The summed E-state index contributed by atoms with van der Waals surface area (Å²) < 4.78 is 44.8. The highest BCUT2D eigenvalue weighted by atomic mass is 79.9. The van der Waals surface area contributed by atoms with Gasteiger partial charge in [0, 0.05) is 10.0 Å². The largest absolute Gasteiger partial charge is 0.417 e. The van der Waals surface area contributed by atoms with Crippen molar-refractivity contribution in [3.63, 3.8) is 0 Å². The van der Waals surface area contributed by atoms with Gasteiger partial charge in [0.1, 0.15) is 0 Å². The summed E-state index contributed by atoms with van der Waals surface area (Å²) in [7, 11) is 0. The maximum absolute atomic E-state index is 12.6. The Morgan fingerprint density at radius 3 is 2.52 bits per heavy atom. The summed E-state index contributed by atoms with van der Waals surface area (Å²) in [4.78, 5) is 15.5. The first-order valence-corrected chi connectivity index (χ1v) is 7.60. The van der Waals surface area contributed by atoms with Gasteiger partial charge < -0.3 is 9.63 Å². The Kier molecular flexibility index (Phi) is 3.88. The van der Waals surface area contributed by atoms with Gasteiger partial charge in [0.25, 0.3) is 5.89 Å². The summed E-state index contributed by atoms with van der Waals surface area (Å²) in [5.41, 5.74) is -2.73. The van der Waals surface area contributed by atoms with Gasteiger partial charge >= 0.3 is 11.9 Å². The molecular weight excluding hydrogens is 381 g/mol. The Balaban J connectivity index is 1.71. The van der Waals surface area contributed by atoms with Crippen LogP contribution in [-0.4, -0.2) is 26.6 Å². The normalized spacial score (nSPS) is 24.5. The predicted octanol–water partition coefficient (Wildman–Crippen LogP) is 2.97. The standard InChI is InChI=1S/C14H12BrF3N2O3/c15-10-3-1-9(2-4-10)11-19-12(21)20(23-11)7-8-5-13(22,6-8)14(16,17)18/h1-4,8,22H,5-7H2. The Bertz CT molecular complexity index is 761. The molecule has 0 radical (unpaired) electrons. The minimum atomic E-state index is -4.65. The lowest BCUT2D eigenvalue weighted by atomic mass is 9.70. The number of nitrogens with zero attached hydrogens (tertiary/aromatic N) is 2. The second kappa shape index (κ2) is 5.48. The summed E-state index contributed by atoms with van der Waals surface area (Å²) in [6.45, 7) is -0.0409. The SMILES string of the molecule is O=c1nc(-c2ccc(Br)cc2)on1CC1CC(O)(C(F)(F)F)C1. The maximum Gasteiger partial charge on any atom is 0.417 e. The average Bonchev–Trinajstić information content (AvgIpc) is 2.78. The quantitative estimate of drug-likeness (QED) is 0.871. The van der Waals surface area contributed by atoms with Crippen LogP contribution in [0.4, 0.5) is 13.2 Å². The molecule has 1 fully saturated rings. The van der Waals surface area contributed by atoms with Crippen molar-refractivity contribution in [3.8, 4) is 11.5 Å². The van der Waals surface area contributed by atoms with Crippen molar-refractivity contribution >= 4 is 15.9 Å². The first kappa shape index (κ1) is 16.3. The number of hydrogen-bond acceptors (Lipinski definition) is 4. The van der Waals surface area contributed by atoms with Gasteiger partial charge in [-0.1, -0.05) is 15.9 Å². The summed E-state index contributed by atoms with van der Waals surface area (Å²) in [5, 5.41) is 9.41. The molecule has 124 valence electrons. The molecule has 0 unspecified atom stereocenters. The second-order valence-corrected chi connectivity index (χ2v) is 6.58. The highest BCUT2D eigenvalue weighted by Gasteiger charge is 2.61. The van der Waals surface area contributed by atoms with E-state index in [1.165, 1.54) is 0 Å². The van der Waals surface area contributed by atoms with Gasteiger partial charge in [-0.3, -0.25) is 0 Å². The van der Waals surface area contributed by atoms with E-state index in [-0.39, 0.29) is 12.4 Å². The fraction of sp³-hybridized carbons (Fsp3) is 0.429. The number of aliphatic hydroxyl groups is 1. The van der Waals surface area contributed by atoms with Gasteiger partial charge in [0.15, 0.2) is 5.60 Å². The van der Waals surface area contributed by atoms with E-state index in [2.05, 4.69) is 20.9 Å². The van der Waals surface area contributed by atoms with Crippen LogP contribution in [0.5, 0.6) is 0 Å². The summed E-state index contributed by atoms with van der Waals surface area (Å²) in [6, 6.07) is 6.91. The van der Waals surface area contributed by atoms with E-state index in [9.17, 15) is 23.1 Å². The molecule has 1 heterocycles. The molecule has 2 aromatic rings. The number of hydrogen-bond donors (Lipinski definition) is 1. The van der Waals surface area contributed by atoms with Gasteiger partial charge in [0.05, 0.1) is 6.54 Å². The Morgan fingerprint density at radius 1 is 1.35 bits per heavy atom. The zero-order valence-electron chi connectivity index (χ0n) is 11.7. The first-order valence-electron chi connectivity index (χ1n) is 6.81. The predicted molar refractivity (Wildman–Crippen MR) is 77.6 cm³/mol. The zero-order valence-corrected chi connectivity index (χ0v) is 13.3. The molecule has 0 atom stereocenters. The molecule has 1 N–H and O–H groups in total. The Morgan fingerprint density at radius 2 is 1.96 bits per heavy atom. The summed E-state index contributed by atoms with van der Waals surface area (Å²) in [6.07, 6.45) is -5.55. The van der Waals surface area contributed by atoms with Gasteiger partial charge in [-0.05, 0) is 43.0 Å². The molecule has 1 aliphatic carbocycles. The van der Waals surface area contributed by atoms with Crippen LogP contribution >= 0.6 is 15.9 Å². The molecule has 0 spiro atoms. The molecule has 23 heavy (non-hydrogen) atoms. The fourth-order valence-corrected chi connectivity index (χ4v) is 2.89. The van der Waals surface area contributed by atoms with E-state index in [0.717, 1.165) is 9.21 Å². The van der Waals surface area contributed by atoms with Crippen LogP contribution in [0.25, 0.3) is 11.5 Å². The number of rotatable bonds is 3. The lowest BCUT2D eigenvalue weighted by molar-refractivity contribution is -0.300. The smallest absolute Gasteiger partial charge is 0.380 e. The molecule has 0 amide bonds. The molecular formula is C14H12BrF3N2O3. The van der Waals surface area contributed by atoms with Crippen LogP contribution in [0.15, 0.2) is 38.1 Å². The van der Waals surface area contributed by atoms with Crippen LogP contribution in [-0.2, 0) is 6.54 Å². The molecule has 1 aromatic heterocycles. The fourth-order valence-electron chi connectivity index (χ4n) is 2.62. The lowest BCUT2D eigenvalue weighted by Gasteiger charge is -2.44. The third kappa shape index (κ3) is 3.07. The van der Waals surface area contributed by atoms with Gasteiger partial charge in [-0.25, -0.2) is 4.79 Å². The number of halogens is 4. The van der Waals surface area contributed by atoms with Crippen molar-refractivity contribution in [2.45, 2.75) is 31.2 Å². The highest BCUT2D eigenvalue weighted by Crippen LogP contribution is 2.48. The van der Waals surface area contributed by atoms with Crippen molar-refractivity contribution in [1.82, 2.24) is 9.72 Å². The molecule has 3 rings (SSSR count). The molecule has 5 nitrogen and oxygen atoms in total. The minimum Gasteiger partial charge on any atom is -0.380 e. The summed E-state index contributed by atoms with van der Waals surface area (Å²) >= 11 is 3.28. The van der Waals surface area contributed by atoms with Crippen molar-refractivity contribution < 1.29 is 22.8 Å². The van der Waals surface area contributed by atoms with Crippen LogP contribution in [0.1, 0.15) is 12.8 Å². The first-order chi connectivity index (χ1) is 10.7. The van der Waals surface area contributed by atoms with Gasteiger partial charge in [0.2, 0.25) is 0 Å².